The van der Waals surface area contributed by atoms with E-state index in [2.05, 4.69) is 0 Å². The number of esters is 1. The van der Waals surface area contributed by atoms with E-state index in [4.69, 9.17) is 22.1 Å². The lowest BCUT2D eigenvalue weighted by molar-refractivity contribution is -0.135. The van der Waals surface area contributed by atoms with Crippen molar-refractivity contribution in [1.29, 1.82) is 0 Å². The largest absolute Gasteiger partial charge is 0.452 e. The number of nitrogens with zero attached hydrogens (tertiary/aromatic N) is 2. The molecule has 1 heterocycles. The van der Waals surface area contributed by atoms with Crippen molar-refractivity contribution >= 4 is 39.2 Å². The summed E-state index contributed by atoms with van der Waals surface area (Å²) in [5.74, 6) is -1.12. The van der Waals surface area contributed by atoms with Crippen LogP contribution in [0.4, 0.5) is 5.69 Å². The van der Waals surface area contributed by atoms with Gasteiger partial charge in [0.15, 0.2) is 6.61 Å². The number of carbonyl (C=O) groups excluding carboxylic acids is 2. The van der Waals surface area contributed by atoms with Gasteiger partial charge in [-0.1, -0.05) is 29.3 Å². The second-order valence-electron chi connectivity index (χ2n) is 7.36. The van der Waals surface area contributed by atoms with Gasteiger partial charge in [0, 0.05) is 36.9 Å². The van der Waals surface area contributed by atoms with E-state index in [9.17, 15) is 18.0 Å². The molecule has 1 fully saturated rings. The molecule has 3 rings (SSSR count). The van der Waals surface area contributed by atoms with Crippen molar-refractivity contribution in [3.8, 4) is 0 Å². The van der Waals surface area contributed by atoms with Gasteiger partial charge in [-0.05, 0) is 43.7 Å². The molecule has 31 heavy (non-hydrogen) atoms. The summed E-state index contributed by atoms with van der Waals surface area (Å²) in [6.45, 7) is 3.97. The van der Waals surface area contributed by atoms with Crippen LogP contribution in [0.1, 0.15) is 21.5 Å². The maximum Gasteiger partial charge on any atom is 0.340 e. The molecule has 0 bridgehead atoms. The van der Waals surface area contributed by atoms with Crippen molar-refractivity contribution in [3.05, 3.63) is 58.1 Å². The summed E-state index contributed by atoms with van der Waals surface area (Å²) in [4.78, 5) is 26.3. The molecule has 2 aromatic carbocycles. The number of aryl methyl sites for hydroxylation is 2. The Morgan fingerprint density at radius 3 is 2.35 bits per heavy atom. The zero-order valence-corrected chi connectivity index (χ0v) is 18.9. The minimum atomic E-state index is -3.64. The van der Waals surface area contributed by atoms with Crippen LogP contribution >= 0.6 is 11.6 Å². The molecule has 0 spiro atoms. The lowest BCUT2D eigenvalue weighted by Crippen LogP contribution is -2.51. The minimum absolute atomic E-state index is 0.126. The van der Waals surface area contributed by atoms with Gasteiger partial charge in [-0.3, -0.25) is 4.79 Å². The van der Waals surface area contributed by atoms with E-state index in [0.717, 1.165) is 5.56 Å². The molecular weight excluding hydrogens is 442 g/mol. The highest BCUT2D eigenvalue weighted by atomic mass is 35.5. The van der Waals surface area contributed by atoms with Crippen molar-refractivity contribution in [2.24, 2.45) is 0 Å². The van der Waals surface area contributed by atoms with Crippen LogP contribution in [-0.2, 0) is 19.6 Å². The van der Waals surface area contributed by atoms with E-state index in [0.29, 0.717) is 10.6 Å². The van der Waals surface area contributed by atoms with Crippen LogP contribution in [0.3, 0.4) is 0 Å². The first-order valence-corrected chi connectivity index (χ1v) is 11.5. The first kappa shape index (κ1) is 23.1. The van der Waals surface area contributed by atoms with Gasteiger partial charge in [-0.2, -0.15) is 4.31 Å². The lowest BCUT2D eigenvalue weighted by atomic mass is 10.2. The molecule has 1 amide bonds. The summed E-state index contributed by atoms with van der Waals surface area (Å²) >= 11 is 5.81. The third kappa shape index (κ3) is 5.17. The summed E-state index contributed by atoms with van der Waals surface area (Å²) < 4.78 is 32.4. The Kier molecular flexibility index (Phi) is 6.88. The summed E-state index contributed by atoms with van der Waals surface area (Å²) in [5.41, 5.74) is 7.71. The molecule has 8 nitrogen and oxygen atoms in total. The molecule has 0 saturated carbocycles. The maximum absolute atomic E-state index is 13.0. The number of carbonyl (C=O) groups is 2. The van der Waals surface area contributed by atoms with E-state index < -0.39 is 28.5 Å². The number of amides is 1. The molecule has 2 aromatic rings. The smallest absolute Gasteiger partial charge is 0.340 e. The molecule has 0 atom stereocenters. The number of halogens is 1. The van der Waals surface area contributed by atoms with Gasteiger partial charge >= 0.3 is 5.97 Å². The van der Waals surface area contributed by atoms with Gasteiger partial charge in [0.05, 0.1) is 10.5 Å². The minimum Gasteiger partial charge on any atom is -0.452 e. The molecule has 0 aromatic heterocycles. The number of piperazine rings is 1. The van der Waals surface area contributed by atoms with E-state index in [-0.39, 0.29) is 42.3 Å². The molecule has 1 aliphatic heterocycles. The number of rotatable bonds is 5. The second kappa shape index (κ2) is 9.25. The Balaban J connectivity index is 1.56. The van der Waals surface area contributed by atoms with Gasteiger partial charge in [0.25, 0.3) is 5.91 Å². The average Bonchev–Trinajstić information content (AvgIpc) is 2.71. The van der Waals surface area contributed by atoms with Crippen LogP contribution < -0.4 is 5.73 Å². The number of anilines is 1. The predicted octanol–water partition coefficient (Wildman–Crippen LogP) is 2.23. The first-order valence-electron chi connectivity index (χ1n) is 9.67. The summed E-state index contributed by atoms with van der Waals surface area (Å²) in [6, 6.07) is 9.57. The number of hydrogen-bond acceptors (Lipinski definition) is 6. The SMILES string of the molecule is Cc1ccc(S(=O)(=O)N2CCN(C(=O)COC(=O)c3ccc(Cl)cc3N)CC2)c(C)c1. The molecular formula is C21H24ClN3O5S. The van der Waals surface area contributed by atoms with Crippen molar-refractivity contribution in [2.45, 2.75) is 18.7 Å². The third-order valence-corrected chi connectivity index (χ3v) is 7.39. The van der Waals surface area contributed by atoms with Crippen LogP contribution in [0.25, 0.3) is 0 Å². The van der Waals surface area contributed by atoms with Gasteiger partial charge < -0.3 is 15.4 Å². The van der Waals surface area contributed by atoms with Crippen LogP contribution in [0.2, 0.25) is 5.02 Å². The van der Waals surface area contributed by atoms with E-state index >= 15 is 0 Å². The topological polar surface area (TPSA) is 110 Å². The fourth-order valence-corrected chi connectivity index (χ4v) is 5.23. The molecule has 10 heteroatoms. The standard InChI is InChI=1S/C21H24ClN3O5S/c1-14-3-6-19(15(2)11-14)31(28,29)25-9-7-24(8-10-25)20(26)13-30-21(27)17-5-4-16(22)12-18(17)23/h3-6,11-12H,7-10,13,23H2,1-2H3. The Morgan fingerprint density at radius 1 is 1.06 bits per heavy atom. The number of hydrogen-bond donors (Lipinski definition) is 1. The highest BCUT2D eigenvalue weighted by Gasteiger charge is 2.31. The number of nitrogen functional groups attached to an aromatic ring is 1. The summed E-state index contributed by atoms with van der Waals surface area (Å²) in [6.07, 6.45) is 0. The Morgan fingerprint density at radius 2 is 1.74 bits per heavy atom. The number of ether oxygens (including phenoxy) is 1. The van der Waals surface area contributed by atoms with Gasteiger partial charge in [-0.15, -0.1) is 0 Å². The fourth-order valence-electron chi connectivity index (χ4n) is 3.42. The third-order valence-electron chi connectivity index (χ3n) is 5.10. The molecule has 2 N–H and O–H groups in total. The van der Waals surface area contributed by atoms with Crippen LogP contribution in [0, 0.1) is 13.8 Å². The monoisotopic (exact) mass is 465 g/mol. The maximum atomic E-state index is 13.0. The summed E-state index contributed by atoms with van der Waals surface area (Å²) in [7, 11) is -3.64. The fraction of sp³-hybridized carbons (Fsp3) is 0.333. The van der Waals surface area contributed by atoms with Gasteiger partial charge in [-0.25, -0.2) is 13.2 Å². The van der Waals surface area contributed by atoms with Gasteiger partial charge in [0.2, 0.25) is 10.0 Å². The molecule has 0 radical (unpaired) electrons. The molecule has 166 valence electrons. The van der Waals surface area contributed by atoms with E-state index in [1.54, 1.807) is 19.1 Å². The van der Waals surface area contributed by atoms with E-state index in [1.807, 2.05) is 13.0 Å². The van der Waals surface area contributed by atoms with Crippen molar-refractivity contribution in [1.82, 2.24) is 9.21 Å². The first-order chi connectivity index (χ1) is 14.6. The van der Waals surface area contributed by atoms with Crippen molar-refractivity contribution in [2.75, 3.05) is 38.5 Å². The zero-order valence-electron chi connectivity index (χ0n) is 17.3. The van der Waals surface area contributed by atoms with Crippen LogP contribution in [0.15, 0.2) is 41.3 Å². The Labute approximate surface area is 186 Å². The molecule has 0 aliphatic carbocycles. The van der Waals surface area contributed by atoms with Crippen molar-refractivity contribution in [3.63, 3.8) is 0 Å². The number of sulfonamides is 1. The van der Waals surface area contributed by atoms with Crippen LogP contribution in [-0.4, -0.2) is 62.3 Å². The molecule has 1 saturated heterocycles. The lowest BCUT2D eigenvalue weighted by Gasteiger charge is -2.34. The quantitative estimate of drug-likeness (QED) is 0.535. The predicted molar refractivity (Wildman–Crippen MR) is 117 cm³/mol. The van der Waals surface area contributed by atoms with Gasteiger partial charge in [0.1, 0.15) is 0 Å². The van der Waals surface area contributed by atoms with Crippen molar-refractivity contribution < 1.29 is 22.7 Å². The highest BCUT2D eigenvalue weighted by molar-refractivity contribution is 7.89. The number of benzene rings is 2. The normalized spacial score (nSPS) is 15.0. The molecule has 0 unspecified atom stereocenters. The second-order valence-corrected chi connectivity index (χ2v) is 9.70. The van der Waals surface area contributed by atoms with E-state index in [1.165, 1.54) is 27.4 Å². The number of nitrogens with two attached hydrogens (primary N) is 1. The Hall–Kier alpha value is -2.62. The average molecular weight is 466 g/mol. The molecule has 1 aliphatic rings. The summed E-state index contributed by atoms with van der Waals surface area (Å²) in [5, 5.41) is 0.388. The Bertz CT molecular complexity index is 1110. The zero-order chi connectivity index (χ0) is 22.8. The highest BCUT2D eigenvalue weighted by Crippen LogP contribution is 2.22. The van der Waals surface area contributed by atoms with Crippen LogP contribution in [0.5, 0.6) is 0 Å².